The summed E-state index contributed by atoms with van der Waals surface area (Å²) in [6.07, 6.45) is -8.00. The minimum absolute atomic E-state index is 0.190. The first-order valence-corrected chi connectivity index (χ1v) is 37.3. The Labute approximate surface area is 585 Å². The van der Waals surface area contributed by atoms with E-state index in [1.54, 1.807) is 6.08 Å². The van der Waals surface area contributed by atoms with Gasteiger partial charge in [0.15, 0.2) is 31.5 Å². The third kappa shape index (κ3) is 28.2. The molecular weight excluding hydrogens is 1300 g/mol. The normalized spacial score (nSPS) is 35.9. The number of nitrogens with one attached hydrogen (secondary N) is 2. The van der Waals surface area contributed by atoms with Crippen LogP contribution in [-0.2, 0) is 57.0 Å². The van der Waals surface area contributed by atoms with Crippen LogP contribution in [0.5, 0.6) is 0 Å². The molecule has 99 heavy (non-hydrogen) atoms. The summed E-state index contributed by atoms with van der Waals surface area (Å²) < 4.78 is 59.8. The number of amides is 2. The summed E-state index contributed by atoms with van der Waals surface area (Å²) in [7, 11) is 0. The fourth-order valence-electron chi connectivity index (χ4n) is 13.5. The molecule has 27 atom stereocenters. The van der Waals surface area contributed by atoms with Crippen molar-refractivity contribution < 1.29 is 134 Å². The molecule has 5 rings (SSSR count). The van der Waals surface area contributed by atoms with Crippen LogP contribution in [0.4, 0.5) is 0 Å². The zero-order valence-corrected chi connectivity index (χ0v) is 59.1. The number of allylic oxidation sites excluding steroid dienone is 1. The zero-order valence-electron chi connectivity index (χ0n) is 59.1. The van der Waals surface area contributed by atoms with E-state index in [0.717, 1.165) is 58.3 Å². The minimum Gasteiger partial charge on any atom is -0.394 e. The fraction of sp³-hybridized carbons (Fsp3) is 0.943. The summed E-state index contributed by atoms with van der Waals surface area (Å²) in [6.45, 7) is 2.56. The monoisotopic (exact) mass is 1430 g/mol. The predicted molar refractivity (Wildman–Crippen MR) is 357 cm³/mol. The van der Waals surface area contributed by atoms with E-state index in [2.05, 4.69) is 24.5 Å². The standard InChI is InChI=1S/C70H128N2O27/c1-5-7-9-11-13-15-17-19-20-21-22-24-26-28-30-32-34-36-50(79)72-44(45(78)35-33-31-29-27-25-23-18-16-14-12-10-8-6-2)41-90-67-60(88)57(85)62(48(39-75)95-67)96-70-61(89)65(54(82)47(38-74)93-70)99-66-51(71-43(4)77)64(98-69-59(87)56(84)53(81)46(37-73)92-69)63(49(40-76)94-66)97-68-58(86)55(83)52(80)42(3)91-68/h33,35,42,44-49,51-70,73-76,78,80-89H,5-32,34,36-41H2,1-4H3,(H,71,77)(H,72,79)/b35-33+/t42?,44-,45+,46?,47?,48?,49?,51?,52+,53-,54-,55?,56-,57+,58-,59?,60?,61?,62+,63+,64+,65-,66-,67+,68+,69-,70-/m0/s1. The first kappa shape index (κ1) is 87.3. The summed E-state index contributed by atoms with van der Waals surface area (Å²) in [5, 5.41) is 171. The number of carbonyl (C=O) groups is 2. The quantitative estimate of drug-likeness (QED) is 0.0302. The van der Waals surface area contributed by atoms with Gasteiger partial charge in [0.1, 0.15) is 116 Å². The molecule has 0 aromatic heterocycles. The summed E-state index contributed by atoms with van der Waals surface area (Å²) in [4.78, 5) is 26.7. The van der Waals surface area contributed by atoms with E-state index in [1.807, 2.05) is 6.08 Å². The lowest BCUT2D eigenvalue weighted by Crippen LogP contribution is -2.71. The molecule has 5 saturated heterocycles. The van der Waals surface area contributed by atoms with Crippen LogP contribution in [0.15, 0.2) is 12.2 Å². The highest BCUT2D eigenvalue weighted by Crippen LogP contribution is 2.37. The molecule has 0 radical (unpaired) electrons. The molecule has 29 nitrogen and oxygen atoms in total. The number of carbonyl (C=O) groups excluding carboxylic acids is 2. The van der Waals surface area contributed by atoms with Gasteiger partial charge in [-0.15, -0.1) is 0 Å². The molecule has 5 heterocycles. The number of unbranched alkanes of at least 4 members (excludes halogenated alkanes) is 27. The molecule has 0 aliphatic carbocycles. The van der Waals surface area contributed by atoms with Crippen molar-refractivity contribution in [2.24, 2.45) is 0 Å². The maximum atomic E-state index is 13.5. The molecule has 0 bridgehead atoms. The summed E-state index contributed by atoms with van der Waals surface area (Å²) >= 11 is 0. The Morgan fingerprint density at radius 1 is 0.414 bits per heavy atom. The Bertz CT molecular complexity index is 2160. The van der Waals surface area contributed by atoms with E-state index < -0.39 is 205 Å². The number of hydrogen-bond donors (Lipinski definition) is 17. The summed E-state index contributed by atoms with van der Waals surface area (Å²) in [5.74, 6) is -1.17. The van der Waals surface area contributed by atoms with Crippen molar-refractivity contribution in [1.29, 1.82) is 0 Å². The van der Waals surface area contributed by atoms with Crippen LogP contribution < -0.4 is 10.6 Å². The maximum absolute atomic E-state index is 13.5. The second-order valence-electron chi connectivity index (χ2n) is 27.8. The average molecular weight is 1430 g/mol. The largest absolute Gasteiger partial charge is 0.394 e. The Kier molecular flexibility index (Phi) is 42.3. The predicted octanol–water partition coefficient (Wildman–Crippen LogP) is 1.42. The Morgan fingerprint density at radius 2 is 0.808 bits per heavy atom. The maximum Gasteiger partial charge on any atom is 0.220 e. The van der Waals surface area contributed by atoms with Crippen LogP contribution in [0, 0.1) is 0 Å². The summed E-state index contributed by atoms with van der Waals surface area (Å²) in [5.41, 5.74) is 0. The van der Waals surface area contributed by atoms with Crippen molar-refractivity contribution in [3.05, 3.63) is 12.2 Å². The van der Waals surface area contributed by atoms with E-state index >= 15 is 0 Å². The van der Waals surface area contributed by atoms with Crippen molar-refractivity contribution in [2.75, 3.05) is 33.0 Å². The number of aliphatic hydroxyl groups excluding tert-OH is 15. The van der Waals surface area contributed by atoms with Crippen molar-refractivity contribution >= 4 is 11.8 Å². The average Bonchev–Trinajstić information content (AvgIpc) is 0.766. The molecule has 580 valence electrons. The van der Waals surface area contributed by atoms with E-state index in [9.17, 15) is 86.2 Å². The molecule has 10 unspecified atom stereocenters. The van der Waals surface area contributed by atoms with Crippen LogP contribution in [-0.4, -0.2) is 287 Å². The van der Waals surface area contributed by atoms with Crippen molar-refractivity contribution in [2.45, 2.75) is 386 Å². The molecule has 0 spiro atoms. The van der Waals surface area contributed by atoms with E-state index in [1.165, 1.54) is 129 Å². The van der Waals surface area contributed by atoms with Gasteiger partial charge in [0, 0.05) is 13.3 Å². The summed E-state index contributed by atoms with van der Waals surface area (Å²) in [6, 6.07) is -2.84. The van der Waals surface area contributed by atoms with Gasteiger partial charge in [-0.05, 0) is 26.2 Å². The van der Waals surface area contributed by atoms with Gasteiger partial charge < -0.3 is 135 Å². The lowest BCUT2D eigenvalue weighted by atomic mass is 9.93. The fourth-order valence-corrected chi connectivity index (χ4v) is 13.5. The van der Waals surface area contributed by atoms with E-state index in [4.69, 9.17) is 47.4 Å². The van der Waals surface area contributed by atoms with Crippen molar-refractivity contribution in [3.63, 3.8) is 0 Å². The van der Waals surface area contributed by atoms with Crippen molar-refractivity contribution in [3.8, 4) is 0 Å². The Morgan fingerprint density at radius 3 is 1.31 bits per heavy atom. The zero-order chi connectivity index (χ0) is 72.4. The Balaban J connectivity index is 1.25. The van der Waals surface area contributed by atoms with Crippen molar-refractivity contribution in [1.82, 2.24) is 10.6 Å². The van der Waals surface area contributed by atoms with Gasteiger partial charge in [0.2, 0.25) is 11.8 Å². The van der Waals surface area contributed by atoms with Gasteiger partial charge in [0.05, 0.1) is 51.3 Å². The van der Waals surface area contributed by atoms with Gasteiger partial charge >= 0.3 is 0 Å². The van der Waals surface area contributed by atoms with Crippen LogP contribution in [0.2, 0.25) is 0 Å². The van der Waals surface area contributed by atoms with E-state index in [-0.39, 0.29) is 12.3 Å². The molecule has 5 fully saturated rings. The van der Waals surface area contributed by atoms with Crippen LogP contribution in [0.1, 0.15) is 220 Å². The smallest absolute Gasteiger partial charge is 0.220 e. The minimum atomic E-state index is -2.19. The topological polar surface area (TPSA) is 454 Å². The number of aliphatic hydroxyl groups is 15. The Hall–Kier alpha value is -2.32. The molecular formula is C70H128N2O27. The first-order chi connectivity index (χ1) is 47.7. The second kappa shape index (κ2) is 48.0. The molecule has 0 aromatic rings. The van der Waals surface area contributed by atoms with Gasteiger partial charge in [-0.3, -0.25) is 9.59 Å². The van der Waals surface area contributed by atoms with Crippen LogP contribution in [0.3, 0.4) is 0 Å². The molecule has 17 N–H and O–H groups in total. The highest BCUT2D eigenvalue weighted by Gasteiger charge is 2.58. The lowest BCUT2D eigenvalue weighted by Gasteiger charge is -2.51. The van der Waals surface area contributed by atoms with Gasteiger partial charge in [-0.25, -0.2) is 0 Å². The SMILES string of the molecule is CCCCCCCCCCCCC/C=C/[C@@H](O)[C@H](CO[C@@H]1OC(CO)[C@@H](O[C@@H]2OC(CO)[C@H](O)[C@H](O[C@@H]3OC(CO)[C@@H](O[C@H]4OC(C)[C@@H](O)C(O)[C@@H]4O)[C@H](O[C@@H]4OC(CO)[C@H](O)[C@H](O)C4O)C3NC(C)=O)C2O)[C@H](O)C1O)NC(=O)CCCCCCCCCCCCCCCCCCC. The third-order valence-electron chi connectivity index (χ3n) is 19.7. The second-order valence-corrected chi connectivity index (χ2v) is 27.8. The van der Waals surface area contributed by atoms with Gasteiger partial charge in [-0.2, -0.15) is 0 Å². The van der Waals surface area contributed by atoms with Gasteiger partial charge in [-0.1, -0.05) is 193 Å². The highest BCUT2D eigenvalue weighted by atomic mass is 16.8. The highest BCUT2D eigenvalue weighted by molar-refractivity contribution is 5.76. The number of hydrogen-bond acceptors (Lipinski definition) is 27. The molecule has 2 amide bonds. The number of rotatable bonds is 49. The first-order valence-electron chi connectivity index (χ1n) is 37.3. The molecule has 5 aliphatic rings. The lowest BCUT2D eigenvalue weighted by molar-refractivity contribution is -0.391. The molecule has 29 heteroatoms. The molecule has 5 aliphatic heterocycles. The molecule has 0 saturated carbocycles. The number of ether oxygens (including phenoxy) is 10. The van der Waals surface area contributed by atoms with Crippen LogP contribution in [0.25, 0.3) is 0 Å². The third-order valence-corrected chi connectivity index (χ3v) is 19.7. The van der Waals surface area contributed by atoms with Gasteiger partial charge in [0.25, 0.3) is 0 Å². The van der Waals surface area contributed by atoms with E-state index in [0.29, 0.717) is 12.8 Å². The van der Waals surface area contributed by atoms with Crippen LogP contribution >= 0.6 is 0 Å². The molecule has 0 aromatic carbocycles.